The van der Waals surface area contributed by atoms with Crippen LogP contribution in [0.25, 0.3) is 0 Å². The molecule has 18 heavy (non-hydrogen) atoms. The molecule has 1 aliphatic carbocycles. The summed E-state index contributed by atoms with van der Waals surface area (Å²) in [7, 11) is 0. The third-order valence-electron chi connectivity index (χ3n) is 3.52. The van der Waals surface area contributed by atoms with Gasteiger partial charge in [0.1, 0.15) is 17.6 Å². The fraction of sp³-hybridized carbons (Fsp3) is 0.429. The maximum atomic E-state index is 10.2. The number of halogens is 1. The lowest BCUT2D eigenvalue weighted by Crippen LogP contribution is -1.99. The van der Waals surface area contributed by atoms with Gasteiger partial charge in [-0.3, -0.25) is 0 Å². The van der Waals surface area contributed by atoms with Gasteiger partial charge in [-0.05, 0) is 51.8 Å². The number of hydrogen-bond donors (Lipinski definition) is 1. The van der Waals surface area contributed by atoms with Crippen molar-refractivity contribution in [1.82, 2.24) is 0 Å². The summed E-state index contributed by atoms with van der Waals surface area (Å²) in [5, 5.41) is 12.2. The fourth-order valence-electron chi connectivity index (χ4n) is 2.21. The third-order valence-corrected chi connectivity index (χ3v) is 5.47. The second-order valence-electron chi connectivity index (χ2n) is 4.97. The minimum Gasteiger partial charge on any atom is -0.463 e. The lowest BCUT2D eigenvalue weighted by Gasteiger charge is -2.06. The molecule has 2 nitrogen and oxygen atoms in total. The highest BCUT2D eigenvalue weighted by molar-refractivity contribution is 9.10. The van der Waals surface area contributed by atoms with Crippen LogP contribution in [0.2, 0.25) is 0 Å². The number of aliphatic hydroxyl groups is 1. The normalized spacial score (nSPS) is 24.2. The Hall–Kier alpha value is -0.580. The van der Waals surface area contributed by atoms with Crippen LogP contribution in [0.5, 0.6) is 0 Å². The van der Waals surface area contributed by atoms with Gasteiger partial charge in [-0.1, -0.05) is 6.92 Å². The highest BCUT2D eigenvalue weighted by Gasteiger charge is 2.36. The molecule has 1 fully saturated rings. The van der Waals surface area contributed by atoms with E-state index < -0.39 is 6.10 Å². The predicted octanol–water partition coefficient (Wildman–Crippen LogP) is 4.50. The van der Waals surface area contributed by atoms with Crippen LogP contribution in [0.4, 0.5) is 0 Å². The van der Waals surface area contributed by atoms with Gasteiger partial charge >= 0.3 is 0 Å². The van der Waals surface area contributed by atoms with Crippen LogP contribution in [0.15, 0.2) is 32.5 Å². The van der Waals surface area contributed by atoms with E-state index in [1.807, 2.05) is 23.6 Å². The molecule has 2 heterocycles. The Bertz CT molecular complexity index is 545. The van der Waals surface area contributed by atoms with E-state index in [1.165, 1.54) is 6.42 Å². The second kappa shape index (κ2) is 4.83. The minimum atomic E-state index is -0.553. The molecule has 3 rings (SSSR count). The summed E-state index contributed by atoms with van der Waals surface area (Å²) >= 11 is 5.13. The third kappa shape index (κ3) is 2.42. The molecule has 2 aromatic rings. The molecule has 96 valence electrons. The van der Waals surface area contributed by atoms with Crippen molar-refractivity contribution < 1.29 is 9.52 Å². The largest absolute Gasteiger partial charge is 0.463 e. The molecule has 0 radical (unpaired) electrons. The number of thiophene rings is 1. The van der Waals surface area contributed by atoms with Gasteiger partial charge in [-0.2, -0.15) is 0 Å². The van der Waals surface area contributed by atoms with Crippen LogP contribution in [-0.2, 0) is 6.42 Å². The summed E-state index contributed by atoms with van der Waals surface area (Å²) in [5.74, 6) is 3.01. The van der Waals surface area contributed by atoms with Gasteiger partial charge in [0.2, 0.25) is 0 Å². The van der Waals surface area contributed by atoms with E-state index in [1.54, 1.807) is 11.3 Å². The molecular formula is C14H15BrO2S. The molecule has 0 saturated heterocycles. The van der Waals surface area contributed by atoms with E-state index >= 15 is 0 Å². The van der Waals surface area contributed by atoms with Crippen molar-refractivity contribution in [2.45, 2.75) is 31.8 Å². The molecule has 0 aliphatic heterocycles. The van der Waals surface area contributed by atoms with Crippen molar-refractivity contribution in [3.8, 4) is 0 Å². The molecule has 0 amide bonds. The smallest absolute Gasteiger partial charge is 0.133 e. The Morgan fingerprint density at radius 2 is 2.28 bits per heavy atom. The first kappa shape index (κ1) is 12.5. The maximum Gasteiger partial charge on any atom is 0.133 e. The molecule has 3 atom stereocenters. The molecule has 1 saturated carbocycles. The lowest BCUT2D eigenvalue weighted by atomic mass is 10.2. The first-order valence-corrected chi connectivity index (χ1v) is 7.82. The zero-order valence-electron chi connectivity index (χ0n) is 10.1. The van der Waals surface area contributed by atoms with Crippen LogP contribution in [0.3, 0.4) is 0 Å². The number of furan rings is 1. The standard InChI is InChI=1S/C14H15BrO2S/c1-8-6-9(8)12-2-3-13(17-12)11(16)7-14-10(15)4-5-18-14/h2-5,8-9,11,16H,6-7H2,1H3. The number of rotatable bonds is 4. The van der Waals surface area contributed by atoms with Crippen molar-refractivity contribution in [1.29, 1.82) is 0 Å². The van der Waals surface area contributed by atoms with Gasteiger partial charge < -0.3 is 9.52 Å². The van der Waals surface area contributed by atoms with Crippen LogP contribution < -0.4 is 0 Å². The Labute approximate surface area is 119 Å². The fourth-order valence-corrected chi connectivity index (χ4v) is 3.76. The van der Waals surface area contributed by atoms with Crippen LogP contribution >= 0.6 is 27.3 Å². The summed E-state index contributed by atoms with van der Waals surface area (Å²) < 4.78 is 6.83. The van der Waals surface area contributed by atoms with Gasteiger partial charge in [0, 0.05) is 21.7 Å². The van der Waals surface area contributed by atoms with Gasteiger partial charge in [0.15, 0.2) is 0 Å². The summed E-state index contributed by atoms with van der Waals surface area (Å²) in [6.07, 6.45) is 1.26. The van der Waals surface area contributed by atoms with Gasteiger partial charge in [0.25, 0.3) is 0 Å². The van der Waals surface area contributed by atoms with Crippen molar-refractivity contribution >= 4 is 27.3 Å². The Morgan fingerprint density at radius 1 is 1.50 bits per heavy atom. The van der Waals surface area contributed by atoms with E-state index in [-0.39, 0.29) is 0 Å². The summed E-state index contributed by atoms with van der Waals surface area (Å²) in [5.41, 5.74) is 0. The van der Waals surface area contributed by atoms with Crippen molar-refractivity contribution in [2.75, 3.05) is 0 Å². The minimum absolute atomic E-state index is 0.553. The summed E-state index contributed by atoms with van der Waals surface area (Å²) in [6.45, 7) is 2.23. The quantitative estimate of drug-likeness (QED) is 0.897. The molecule has 2 aromatic heterocycles. The number of hydrogen-bond acceptors (Lipinski definition) is 3. The van der Waals surface area contributed by atoms with E-state index in [2.05, 4.69) is 22.9 Å². The Morgan fingerprint density at radius 3 is 2.89 bits per heavy atom. The Balaban J connectivity index is 1.70. The zero-order valence-corrected chi connectivity index (χ0v) is 12.5. The average Bonchev–Trinajstić information content (AvgIpc) is 2.79. The first-order chi connectivity index (χ1) is 8.65. The van der Waals surface area contributed by atoms with Crippen LogP contribution in [-0.4, -0.2) is 5.11 Å². The topological polar surface area (TPSA) is 33.4 Å². The monoisotopic (exact) mass is 326 g/mol. The van der Waals surface area contributed by atoms with Gasteiger partial charge in [-0.25, -0.2) is 0 Å². The maximum absolute atomic E-state index is 10.2. The van der Waals surface area contributed by atoms with Crippen LogP contribution in [0.1, 0.15) is 41.8 Å². The Kier molecular flexibility index (Phi) is 3.34. The molecule has 4 heteroatoms. The second-order valence-corrected chi connectivity index (χ2v) is 6.83. The highest BCUT2D eigenvalue weighted by atomic mass is 79.9. The van der Waals surface area contributed by atoms with Crippen molar-refractivity contribution in [3.63, 3.8) is 0 Å². The molecule has 3 unspecified atom stereocenters. The van der Waals surface area contributed by atoms with Crippen molar-refractivity contribution in [2.24, 2.45) is 5.92 Å². The average molecular weight is 327 g/mol. The molecule has 0 bridgehead atoms. The predicted molar refractivity (Wildman–Crippen MR) is 75.9 cm³/mol. The zero-order chi connectivity index (χ0) is 12.7. The first-order valence-electron chi connectivity index (χ1n) is 6.14. The molecule has 1 N–H and O–H groups in total. The summed E-state index contributed by atoms with van der Waals surface area (Å²) in [6, 6.07) is 5.93. The van der Waals surface area contributed by atoms with Gasteiger partial charge in [0.05, 0.1) is 0 Å². The molecule has 1 aliphatic rings. The SMILES string of the molecule is CC1CC1c1ccc(C(O)Cc2sccc2Br)o1. The van der Waals surface area contributed by atoms with Gasteiger partial charge in [-0.15, -0.1) is 11.3 Å². The highest BCUT2D eigenvalue weighted by Crippen LogP contribution is 2.47. The van der Waals surface area contributed by atoms with E-state index in [0.29, 0.717) is 18.1 Å². The molecular weight excluding hydrogens is 312 g/mol. The van der Waals surface area contributed by atoms with Crippen LogP contribution in [0, 0.1) is 5.92 Å². The van der Waals surface area contributed by atoms with E-state index in [4.69, 9.17) is 4.42 Å². The number of aliphatic hydroxyl groups excluding tert-OH is 1. The van der Waals surface area contributed by atoms with E-state index in [9.17, 15) is 5.11 Å². The van der Waals surface area contributed by atoms with E-state index in [0.717, 1.165) is 21.0 Å². The molecule has 0 aromatic carbocycles. The lowest BCUT2D eigenvalue weighted by molar-refractivity contribution is 0.149. The summed E-state index contributed by atoms with van der Waals surface area (Å²) in [4.78, 5) is 1.15. The van der Waals surface area contributed by atoms with Crippen molar-refractivity contribution in [3.05, 3.63) is 44.4 Å². The molecule has 0 spiro atoms.